The fourth-order valence-electron chi connectivity index (χ4n) is 2.86. The summed E-state index contributed by atoms with van der Waals surface area (Å²) in [6, 6.07) is 10.1. The smallest absolute Gasteiger partial charge is 0.261 e. The Morgan fingerprint density at radius 1 is 1.17 bits per heavy atom. The molecule has 0 unspecified atom stereocenters. The van der Waals surface area contributed by atoms with E-state index in [0.29, 0.717) is 27.9 Å². The number of halogens is 3. The molecule has 2 aromatic carbocycles. The molecule has 0 heterocycles. The van der Waals surface area contributed by atoms with Gasteiger partial charge in [0.2, 0.25) is 5.91 Å². The van der Waals surface area contributed by atoms with Crippen molar-refractivity contribution in [3.63, 3.8) is 0 Å². The molecule has 0 aliphatic heterocycles. The van der Waals surface area contributed by atoms with Crippen LogP contribution in [0.3, 0.4) is 0 Å². The third-order valence-corrected chi connectivity index (χ3v) is 5.99. The van der Waals surface area contributed by atoms with Crippen molar-refractivity contribution in [2.45, 2.75) is 39.8 Å². The second-order valence-corrected chi connectivity index (χ2v) is 8.37. The Morgan fingerprint density at radius 2 is 1.83 bits per heavy atom. The normalized spacial score (nSPS) is 11.7. The highest BCUT2D eigenvalue weighted by Gasteiger charge is 2.27. The minimum absolute atomic E-state index is 0.0922. The average molecular weight is 516 g/mol. The first-order valence-electron chi connectivity index (χ1n) is 9.69. The topological polar surface area (TPSA) is 58.6 Å². The zero-order valence-corrected chi connectivity index (χ0v) is 20.3. The Hall–Kier alpha value is -1.76. The maximum Gasteiger partial charge on any atom is 0.261 e. The van der Waals surface area contributed by atoms with Gasteiger partial charge in [0.25, 0.3) is 5.91 Å². The number of hydrogen-bond acceptors (Lipinski definition) is 3. The molecular weight excluding hydrogens is 491 g/mol. The van der Waals surface area contributed by atoms with Gasteiger partial charge < -0.3 is 15.0 Å². The van der Waals surface area contributed by atoms with Crippen LogP contribution in [-0.4, -0.2) is 35.9 Å². The van der Waals surface area contributed by atoms with Crippen molar-refractivity contribution >= 4 is 50.9 Å². The lowest BCUT2D eigenvalue weighted by Gasteiger charge is -2.29. The van der Waals surface area contributed by atoms with Crippen molar-refractivity contribution in [1.82, 2.24) is 10.2 Å². The molecule has 0 aliphatic carbocycles. The van der Waals surface area contributed by atoms with Gasteiger partial charge in [-0.1, -0.05) is 42.3 Å². The second kappa shape index (κ2) is 11.6. The summed E-state index contributed by atoms with van der Waals surface area (Å²) >= 11 is 16.0. The molecule has 162 valence electrons. The zero-order valence-electron chi connectivity index (χ0n) is 17.2. The third-order valence-electron chi connectivity index (χ3n) is 4.66. The van der Waals surface area contributed by atoms with Crippen LogP contribution in [0.2, 0.25) is 10.0 Å². The van der Waals surface area contributed by atoms with Crippen LogP contribution in [0.5, 0.6) is 5.75 Å². The Morgan fingerprint density at radius 3 is 2.40 bits per heavy atom. The Balaban J connectivity index is 2.22. The molecule has 30 heavy (non-hydrogen) atoms. The predicted molar refractivity (Wildman–Crippen MR) is 124 cm³/mol. The van der Waals surface area contributed by atoms with Crippen molar-refractivity contribution in [2.24, 2.45) is 0 Å². The minimum Gasteiger partial charge on any atom is -0.483 e. The van der Waals surface area contributed by atoms with E-state index in [4.69, 9.17) is 27.9 Å². The highest BCUT2D eigenvalue weighted by atomic mass is 79.9. The molecule has 0 bridgehead atoms. The van der Waals surface area contributed by atoms with E-state index in [9.17, 15) is 9.59 Å². The van der Waals surface area contributed by atoms with Crippen LogP contribution in [0.1, 0.15) is 31.9 Å². The average Bonchev–Trinajstić information content (AvgIpc) is 2.72. The molecule has 1 N–H and O–H groups in total. The number of nitrogens with zero attached hydrogens (tertiary/aromatic N) is 1. The highest BCUT2D eigenvalue weighted by Crippen LogP contribution is 2.28. The first-order chi connectivity index (χ1) is 14.3. The molecule has 1 atom stereocenters. The molecule has 0 spiro atoms. The summed E-state index contributed by atoms with van der Waals surface area (Å²) in [6.45, 7) is 5.88. The number of ether oxygens (including phenoxy) is 1. The van der Waals surface area contributed by atoms with Gasteiger partial charge in [0, 0.05) is 28.7 Å². The quantitative estimate of drug-likeness (QED) is 0.496. The molecule has 2 aromatic rings. The van der Waals surface area contributed by atoms with Gasteiger partial charge >= 0.3 is 0 Å². The lowest BCUT2D eigenvalue weighted by molar-refractivity contribution is -0.142. The van der Waals surface area contributed by atoms with Crippen LogP contribution in [-0.2, 0) is 22.6 Å². The zero-order chi connectivity index (χ0) is 22.3. The summed E-state index contributed by atoms with van der Waals surface area (Å²) in [6.07, 6.45) is 0.897. The standard InChI is InChI=1S/C22H25BrCl2N2O3/c1-4-15-9-10-20(17(23)11-15)30-13-21(28)27(14(3)22(29)26-5-2)12-16-18(24)7-6-8-19(16)25/h6-11,14H,4-5,12-13H2,1-3H3,(H,26,29)/t14-/m0/s1. The molecule has 0 fully saturated rings. The summed E-state index contributed by atoms with van der Waals surface area (Å²) in [4.78, 5) is 26.9. The monoisotopic (exact) mass is 514 g/mol. The van der Waals surface area contributed by atoms with Gasteiger partial charge in [0.05, 0.1) is 4.47 Å². The first kappa shape index (κ1) is 24.5. The van der Waals surface area contributed by atoms with E-state index in [1.165, 1.54) is 4.90 Å². The van der Waals surface area contributed by atoms with Crippen LogP contribution in [0.4, 0.5) is 0 Å². The minimum atomic E-state index is -0.723. The summed E-state index contributed by atoms with van der Waals surface area (Å²) in [5, 5.41) is 3.61. The van der Waals surface area contributed by atoms with Gasteiger partial charge in [-0.2, -0.15) is 0 Å². The fraction of sp³-hybridized carbons (Fsp3) is 0.364. The van der Waals surface area contributed by atoms with Crippen molar-refractivity contribution in [3.05, 3.63) is 62.0 Å². The van der Waals surface area contributed by atoms with E-state index >= 15 is 0 Å². The van der Waals surface area contributed by atoms with Gasteiger partial charge in [-0.15, -0.1) is 0 Å². The molecule has 2 amide bonds. The summed E-state index contributed by atoms with van der Waals surface area (Å²) < 4.78 is 6.50. The van der Waals surface area contributed by atoms with E-state index in [1.807, 2.05) is 25.1 Å². The van der Waals surface area contributed by atoms with Crippen LogP contribution in [0.15, 0.2) is 40.9 Å². The van der Waals surface area contributed by atoms with Crippen LogP contribution in [0, 0.1) is 0 Å². The van der Waals surface area contributed by atoms with E-state index in [1.54, 1.807) is 25.1 Å². The van der Waals surface area contributed by atoms with Crippen molar-refractivity contribution in [2.75, 3.05) is 13.2 Å². The number of rotatable bonds is 9. The van der Waals surface area contributed by atoms with E-state index < -0.39 is 6.04 Å². The number of carbonyl (C=O) groups is 2. The van der Waals surface area contributed by atoms with Gasteiger partial charge in [-0.25, -0.2) is 0 Å². The number of amides is 2. The molecule has 0 saturated heterocycles. The first-order valence-corrected chi connectivity index (χ1v) is 11.2. The van der Waals surface area contributed by atoms with Crippen LogP contribution < -0.4 is 10.1 Å². The molecule has 0 saturated carbocycles. The van der Waals surface area contributed by atoms with Crippen LogP contribution in [0.25, 0.3) is 0 Å². The summed E-state index contributed by atoms with van der Waals surface area (Å²) in [7, 11) is 0. The highest BCUT2D eigenvalue weighted by molar-refractivity contribution is 9.10. The Kier molecular flexibility index (Phi) is 9.46. The number of aryl methyl sites for hydroxylation is 1. The van der Waals surface area contributed by atoms with Crippen molar-refractivity contribution < 1.29 is 14.3 Å². The van der Waals surface area contributed by atoms with Crippen LogP contribution >= 0.6 is 39.1 Å². The van der Waals surface area contributed by atoms with E-state index in [0.717, 1.165) is 16.5 Å². The fourth-order valence-corrected chi connectivity index (χ4v) is 3.92. The lowest BCUT2D eigenvalue weighted by atomic mass is 10.1. The molecule has 0 aliphatic rings. The van der Waals surface area contributed by atoms with E-state index in [-0.39, 0.29) is 25.0 Å². The summed E-state index contributed by atoms with van der Waals surface area (Å²) in [5.74, 6) is -0.0550. The molecule has 5 nitrogen and oxygen atoms in total. The van der Waals surface area contributed by atoms with E-state index in [2.05, 4.69) is 28.2 Å². The lowest BCUT2D eigenvalue weighted by Crippen LogP contribution is -2.49. The largest absolute Gasteiger partial charge is 0.483 e. The van der Waals surface area contributed by atoms with Gasteiger partial charge in [0.15, 0.2) is 6.61 Å². The van der Waals surface area contributed by atoms with Crippen molar-refractivity contribution in [1.29, 1.82) is 0 Å². The Labute approximate surface area is 195 Å². The summed E-state index contributed by atoms with van der Waals surface area (Å²) in [5.41, 5.74) is 1.74. The predicted octanol–water partition coefficient (Wildman–Crippen LogP) is 5.25. The maximum absolute atomic E-state index is 13.0. The maximum atomic E-state index is 13.0. The number of nitrogens with one attached hydrogen (secondary N) is 1. The SMILES string of the molecule is CCNC(=O)[C@H](C)N(Cc1c(Cl)cccc1Cl)C(=O)COc1ccc(CC)cc1Br. The second-order valence-electron chi connectivity index (χ2n) is 6.70. The van der Waals surface area contributed by atoms with Gasteiger partial charge in [-0.3, -0.25) is 9.59 Å². The van der Waals surface area contributed by atoms with Crippen molar-refractivity contribution in [3.8, 4) is 5.75 Å². The third kappa shape index (κ3) is 6.37. The molecule has 0 radical (unpaired) electrons. The number of carbonyl (C=O) groups excluding carboxylic acids is 2. The Bertz CT molecular complexity index is 888. The molecule has 0 aromatic heterocycles. The number of hydrogen-bond donors (Lipinski definition) is 1. The molecule has 8 heteroatoms. The van der Waals surface area contributed by atoms with Gasteiger partial charge in [-0.05, 0) is 66.0 Å². The number of likely N-dealkylation sites (N-methyl/N-ethyl adjacent to an activating group) is 1. The number of benzene rings is 2. The van der Waals surface area contributed by atoms with Gasteiger partial charge in [0.1, 0.15) is 11.8 Å². The molecule has 2 rings (SSSR count). The molecular formula is C22H25BrCl2N2O3.